The van der Waals surface area contributed by atoms with Crippen LogP contribution < -0.4 is 4.74 Å². The molecule has 0 aromatic heterocycles. The summed E-state index contributed by atoms with van der Waals surface area (Å²) in [5, 5.41) is 8.79. The lowest BCUT2D eigenvalue weighted by molar-refractivity contribution is -0.0328. The molecule has 0 radical (unpaired) electrons. The van der Waals surface area contributed by atoms with E-state index >= 15 is 0 Å². The molecule has 3 nitrogen and oxygen atoms in total. The van der Waals surface area contributed by atoms with Crippen LogP contribution in [-0.4, -0.2) is 28.9 Å². The van der Waals surface area contributed by atoms with Gasteiger partial charge in [-0.05, 0) is 37.5 Å². The maximum absolute atomic E-state index is 11.8. The van der Waals surface area contributed by atoms with Gasteiger partial charge in [0.25, 0.3) is 0 Å². The molecule has 0 fully saturated rings. The smallest absolute Gasteiger partial charge is 0.441 e. The summed E-state index contributed by atoms with van der Waals surface area (Å²) in [6, 6.07) is 6.11. The summed E-state index contributed by atoms with van der Waals surface area (Å²) in [7, 11) is 0. The van der Waals surface area contributed by atoms with E-state index in [2.05, 4.69) is 0 Å². The molecular formula is C13H15F3O3S. The van der Waals surface area contributed by atoms with Crippen LogP contribution >= 0.6 is 11.8 Å². The zero-order valence-corrected chi connectivity index (χ0v) is 11.5. The lowest BCUT2D eigenvalue weighted by atomic mass is 10.2. The van der Waals surface area contributed by atoms with Crippen molar-refractivity contribution in [1.29, 1.82) is 0 Å². The Morgan fingerprint density at radius 2 is 2.00 bits per heavy atom. The van der Waals surface area contributed by atoms with Gasteiger partial charge in [0.2, 0.25) is 0 Å². The van der Waals surface area contributed by atoms with E-state index in [0.717, 1.165) is 0 Å². The van der Waals surface area contributed by atoms with Crippen molar-refractivity contribution >= 4 is 17.7 Å². The number of unbranched alkanes of at least 4 members (excludes halogenated alkanes) is 2. The molecule has 7 heteroatoms. The first-order valence-electron chi connectivity index (χ1n) is 6.05. The minimum absolute atomic E-state index is 0.0129. The zero-order valence-electron chi connectivity index (χ0n) is 10.7. The summed E-state index contributed by atoms with van der Waals surface area (Å²) in [6.45, 7) is 0.361. The zero-order chi connectivity index (χ0) is 15.0. The predicted octanol–water partition coefficient (Wildman–Crippen LogP) is 4.19. The topological polar surface area (TPSA) is 46.5 Å². The number of halogens is 3. The number of hydrogen-bond acceptors (Lipinski definition) is 3. The molecule has 0 bridgehead atoms. The van der Waals surface area contributed by atoms with E-state index < -0.39 is 11.5 Å². The molecule has 0 amide bonds. The van der Waals surface area contributed by atoms with Gasteiger partial charge in [-0.25, -0.2) is 4.79 Å². The molecular weight excluding hydrogens is 293 g/mol. The Morgan fingerprint density at radius 1 is 1.25 bits per heavy atom. The van der Waals surface area contributed by atoms with Crippen molar-refractivity contribution in [2.24, 2.45) is 0 Å². The van der Waals surface area contributed by atoms with Crippen LogP contribution in [0.5, 0.6) is 5.75 Å². The van der Waals surface area contributed by atoms with E-state index in [-0.39, 0.29) is 23.1 Å². The molecule has 0 spiro atoms. The molecule has 1 aromatic carbocycles. The van der Waals surface area contributed by atoms with Gasteiger partial charge < -0.3 is 9.84 Å². The summed E-state index contributed by atoms with van der Waals surface area (Å²) in [4.78, 5) is 10.7. The highest BCUT2D eigenvalue weighted by Crippen LogP contribution is 2.30. The number of rotatable bonds is 8. The van der Waals surface area contributed by atoms with E-state index in [0.29, 0.717) is 31.6 Å². The van der Waals surface area contributed by atoms with Gasteiger partial charge in [0.1, 0.15) is 5.75 Å². The van der Waals surface area contributed by atoms with Crippen LogP contribution in [0.15, 0.2) is 24.3 Å². The first kappa shape index (κ1) is 16.7. The van der Waals surface area contributed by atoms with Crippen molar-refractivity contribution in [2.75, 3.05) is 12.4 Å². The third-order valence-electron chi connectivity index (χ3n) is 2.40. The number of aromatic carboxylic acids is 1. The number of thioether (sulfide) groups is 1. The van der Waals surface area contributed by atoms with Gasteiger partial charge in [0.05, 0.1) is 12.2 Å². The van der Waals surface area contributed by atoms with Gasteiger partial charge in [-0.3, -0.25) is 0 Å². The molecule has 0 aliphatic heterocycles. The summed E-state index contributed by atoms with van der Waals surface area (Å²) in [5.74, 6) is -0.521. The van der Waals surface area contributed by atoms with Crippen molar-refractivity contribution in [3.8, 4) is 5.75 Å². The molecule has 1 aromatic rings. The van der Waals surface area contributed by atoms with Crippen LogP contribution in [-0.2, 0) is 0 Å². The van der Waals surface area contributed by atoms with Gasteiger partial charge in [-0.2, -0.15) is 13.2 Å². The van der Waals surface area contributed by atoms with Crippen LogP contribution in [0.2, 0.25) is 0 Å². The summed E-state index contributed by atoms with van der Waals surface area (Å²) in [6.07, 6.45) is 1.75. The van der Waals surface area contributed by atoms with Crippen molar-refractivity contribution in [3.63, 3.8) is 0 Å². The largest absolute Gasteiger partial charge is 0.494 e. The Hall–Kier alpha value is -1.37. The van der Waals surface area contributed by atoms with Gasteiger partial charge in [0, 0.05) is 5.75 Å². The van der Waals surface area contributed by atoms with Crippen molar-refractivity contribution < 1.29 is 27.8 Å². The average molecular weight is 308 g/mol. The monoisotopic (exact) mass is 308 g/mol. The minimum Gasteiger partial charge on any atom is -0.494 e. The standard InChI is InChI=1S/C13H15F3O3S/c14-13(15,16)20-8-3-1-2-7-19-11-6-4-5-10(9-11)12(17)18/h4-6,9H,1-3,7-8H2,(H,17,18). The molecule has 0 aliphatic carbocycles. The summed E-state index contributed by atoms with van der Waals surface area (Å²) >= 11 is -0.0129. The first-order chi connectivity index (χ1) is 9.38. The third kappa shape index (κ3) is 7.28. The van der Waals surface area contributed by atoms with E-state index in [4.69, 9.17) is 9.84 Å². The second-order valence-corrected chi connectivity index (χ2v) is 5.20. The fraction of sp³-hybridized carbons (Fsp3) is 0.462. The third-order valence-corrected chi connectivity index (χ3v) is 3.22. The Balaban J connectivity index is 2.15. The quantitative estimate of drug-likeness (QED) is 0.732. The number of carboxylic acids is 1. The van der Waals surface area contributed by atoms with Crippen LogP contribution in [0.4, 0.5) is 13.2 Å². The Labute approximate surface area is 119 Å². The van der Waals surface area contributed by atoms with Gasteiger partial charge in [-0.15, -0.1) is 0 Å². The lowest BCUT2D eigenvalue weighted by Gasteiger charge is -2.07. The van der Waals surface area contributed by atoms with E-state index in [1.54, 1.807) is 12.1 Å². The van der Waals surface area contributed by atoms with Crippen molar-refractivity contribution in [2.45, 2.75) is 24.8 Å². The number of hydrogen-bond donors (Lipinski definition) is 1. The van der Waals surface area contributed by atoms with E-state index in [1.165, 1.54) is 12.1 Å². The number of alkyl halides is 3. The number of carbonyl (C=O) groups is 1. The predicted molar refractivity (Wildman–Crippen MR) is 71.3 cm³/mol. The molecule has 0 saturated heterocycles. The van der Waals surface area contributed by atoms with Crippen molar-refractivity contribution in [3.05, 3.63) is 29.8 Å². The molecule has 1 rings (SSSR count). The lowest BCUT2D eigenvalue weighted by Crippen LogP contribution is -2.02. The number of benzene rings is 1. The molecule has 0 aliphatic rings. The Kier molecular flexibility index (Phi) is 6.70. The van der Waals surface area contributed by atoms with Crippen LogP contribution in [0.3, 0.4) is 0 Å². The SMILES string of the molecule is O=C(O)c1cccc(OCCCCCSC(F)(F)F)c1. The van der Waals surface area contributed by atoms with E-state index in [9.17, 15) is 18.0 Å². The normalized spacial score (nSPS) is 11.3. The highest BCUT2D eigenvalue weighted by Gasteiger charge is 2.27. The Morgan fingerprint density at radius 3 is 2.65 bits per heavy atom. The molecule has 0 unspecified atom stereocenters. The second-order valence-electron chi connectivity index (χ2n) is 4.04. The van der Waals surface area contributed by atoms with Crippen molar-refractivity contribution in [1.82, 2.24) is 0 Å². The minimum atomic E-state index is -4.16. The van der Waals surface area contributed by atoms with Crippen LogP contribution in [0.1, 0.15) is 29.6 Å². The van der Waals surface area contributed by atoms with Crippen LogP contribution in [0.25, 0.3) is 0 Å². The Bertz CT molecular complexity index is 435. The summed E-state index contributed by atoms with van der Waals surface area (Å²) < 4.78 is 40.9. The van der Waals surface area contributed by atoms with Gasteiger partial charge in [0.15, 0.2) is 0 Å². The highest BCUT2D eigenvalue weighted by atomic mass is 32.2. The maximum Gasteiger partial charge on any atom is 0.441 e. The van der Waals surface area contributed by atoms with E-state index in [1.807, 2.05) is 0 Å². The molecule has 112 valence electrons. The number of carboxylic acid groups (broad SMARTS) is 1. The average Bonchev–Trinajstić information content (AvgIpc) is 2.36. The highest BCUT2D eigenvalue weighted by molar-refractivity contribution is 8.00. The summed E-state index contributed by atoms with van der Waals surface area (Å²) in [5.41, 5.74) is -4.02. The maximum atomic E-state index is 11.8. The fourth-order valence-corrected chi connectivity index (χ4v) is 2.06. The molecule has 20 heavy (non-hydrogen) atoms. The molecule has 1 N–H and O–H groups in total. The second kappa shape index (κ2) is 8.04. The molecule has 0 heterocycles. The first-order valence-corrected chi connectivity index (χ1v) is 7.04. The molecule has 0 saturated carbocycles. The van der Waals surface area contributed by atoms with Gasteiger partial charge in [-0.1, -0.05) is 17.8 Å². The van der Waals surface area contributed by atoms with Gasteiger partial charge >= 0.3 is 11.5 Å². The molecule has 0 atom stereocenters. The fourth-order valence-electron chi connectivity index (χ4n) is 1.48. The number of ether oxygens (including phenoxy) is 1. The van der Waals surface area contributed by atoms with Crippen LogP contribution in [0, 0.1) is 0 Å².